The summed E-state index contributed by atoms with van der Waals surface area (Å²) < 4.78 is 10.7. The number of carbonyl (C=O) groups excluding carboxylic acids is 1. The first-order chi connectivity index (χ1) is 12.2. The standard InChI is InChI=1S/C18H18N4O3/c1-11-8-15(12-4-2-3-5-14(12)20-11)21-18(23)19-9-16-13-10-24-7-6-17(13)25-22-16/h2-5,8H,6-7,9-10H2,1H3,(H2,19,20,21,23). The highest BCUT2D eigenvalue weighted by Gasteiger charge is 2.20. The first-order valence-corrected chi connectivity index (χ1v) is 8.16. The third kappa shape index (κ3) is 3.18. The van der Waals surface area contributed by atoms with Crippen LogP contribution in [-0.4, -0.2) is 22.8 Å². The van der Waals surface area contributed by atoms with Crippen molar-refractivity contribution in [2.24, 2.45) is 0 Å². The van der Waals surface area contributed by atoms with Gasteiger partial charge in [-0.2, -0.15) is 0 Å². The molecule has 0 bridgehead atoms. The van der Waals surface area contributed by atoms with Crippen molar-refractivity contribution in [3.63, 3.8) is 0 Å². The molecule has 3 heterocycles. The number of fused-ring (bicyclic) bond motifs is 2. The van der Waals surface area contributed by atoms with Crippen molar-refractivity contribution in [2.75, 3.05) is 11.9 Å². The van der Waals surface area contributed by atoms with Crippen LogP contribution in [0.1, 0.15) is 22.7 Å². The monoisotopic (exact) mass is 338 g/mol. The fourth-order valence-electron chi connectivity index (χ4n) is 2.96. The summed E-state index contributed by atoms with van der Waals surface area (Å²) in [6.45, 7) is 3.31. The minimum Gasteiger partial charge on any atom is -0.376 e. The number of rotatable bonds is 3. The number of benzene rings is 1. The fraction of sp³-hybridized carbons (Fsp3) is 0.278. The molecule has 1 aromatic carbocycles. The molecule has 4 rings (SSSR count). The lowest BCUT2D eigenvalue weighted by Crippen LogP contribution is -2.29. The second-order valence-electron chi connectivity index (χ2n) is 5.97. The van der Waals surface area contributed by atoms with Gasteiger partial charge in [-0.15, -0.1) is 0 Å². The number of aromatic nitrogens is 2. The number of para-hydroxylation sites is 1. The minimum absolute atomic E-state index is 0.288. The van der Waals surface area contributed by atoms with E-state index in [0.717, 1.165) is 40.0 Å². The Bertz CT molecular complexity index is 935. The SMILES string of the molecule is Cc1cc(NC(=O)NCc2noc3c2COCC3)c2ccccc2n1. The molecule has 7 heteroatoms. The number of urea groups is 1. The lowest BCUT2D eigenvalue weighted by molar-refractivity contribution is 0.102. The van der Waals surface area contributed by atoms with Crippen LogP contribution in [0, 0.1) is 6.92 Å². The predicted octanol–water partition coefficient (Wildman–Crippen LogP) is 2.93. The average molecular weight is 338 g/mol. The molecular formula is C18H18N4O3. The second-order valence-corrected chi connectivity index (χ2v) is 5.97. The summed E-state index contributed by atoms with van der Waals surface area (Å²) in [5.41, 5.74) is 4.07. The third-order valence-electron chi connectivity index (χ3n) is 4.18. The Kier molecular flexibility index (Phi) is 4.07. The van der Waals surface area contributed by atoms with Crippen LogP contribution in [0.15, 0.2) is 34.9 Å². The molecule has 25 heavy (non-hydrogen) atoms. The van der Waals surface area contributed by atoms with Crippen molar-refractivity contribution < 1.29 is 14.1 Å². The van der Waals surface area contributed by atoms with Gasteiger partial charge in [0, 0.05) is 23.1 Å². The van der Waals surface area contributed by atoms with E-state index in [0.29, 0.717) is 18.9 Å². The first kappa shape index (κ1) is 15.6. The Labute approximate surface area is 144 Å². The normalized spacial score (nSPS) is 13.5. The van der Waals surface area contributed by atoms with Crippen LogP contribution in [0.3, 0.4) is 0 Å². The molecule has 128 valence electrons. The van der Waals surface area contributed by atoms with Gasteiger partial charge in [-0.1, -0.05) is 23.4 Å². The van der Waals surface area contributed by atoms with E-state index in [1.807, 2.05) is 37.3 Å². The number of ether oxygens (including phenoxy) is 1. The van der Waals surface area contributed by atoms with Gasteiger partial charge in [-0.3, -0.25) is 4.98 Å². The van der Waals surface area contributed by atoms with E-state index in [9.17, 15) is 4.79 Å². The number of nitrogens with zero attached hydrogens (tertiary/aromatic N) is 2. The summed E-state index contributed by atoms with van der Waals surface area (Å²) in [5.74, 6) is 0.846. The maximum absolute atomic E-state index is 12.3. The predicted molar refractivity (Wildman–Crippen MR) is 92.2 cm³/mol. The van der Waals surface area contributed by atoms with Crippen LogP contribution in [0.2, 0.25) is 0 Å². The van der Waals surface area contributed by atoms with Crippen molar-refractivity contribution >= 4 is 22.6 Å². The van der Waals surface area contributed by atoms with Gasteiger partial charge in [-0.25, -0.2) is 4.79 Å². The van der Waals surface area contributed by atoms with Crippen molar-refractivity contribution in [1.82, 2.24) is 15.5 Å². The highest BCUT2D eigenvalue weighted by molar-refractivity contribution is 6.00. The minimum atomic E-state index is -0.302. The molecule has 0 saturated heterocycles. The zero-order valence-corrected chi connectivity index (χ0v) is 13.8. The molecular weight excluding hydrogens is 320 g/mol. The van der Waals surface area contributed by atoms with Crippen LogP contribution >= 0.6 is 0 Å². The maximum Gasteiger partial charge on any atom is 0.319 e. The quantitative estimate of drug-likeness (QED) is 0.766. The molecule has 2 aromatic heterocycles. The average Bonchev–Trinajstić information content (AvgIpc) is 3.03. The van der Waals surface area contributed by atoms with Gasteiger partial charge in [-0.05, 0) is 19.1 Å². The summed E-state index contributed by atoms with van der Waals surface area (Å²) >= 11 is 0. The molecule has 7 nitrogen and oxygen atoms in total. The van der Waals surface area contributed by atoms with Crippen molar-refractivity contribution in [2.45, 2.75) is 26.5 Å². The highest BCUT2D eigenvalue weighted by Crippen LogP contribution is 2.23. The number of amides is 2. The zero-order chi connectivity index (χ0) is 17.2. The molecule has 1 aliphatic heterocycles. The smallest absolute Gasteiger partial charge is 0.319 e. The van der Waals surface area contributed by atoms with Gasteiger partial charge in [0.1, 0.15) is 11.5 Å². The van der Waals surface area contributed by atoms with E-state index in [2.05, 4.69) is 20.8 Å². The second kappa shape index (κ2) is 6.52. The van der Waals surface area contributed by atoms with Gasteiger partial charge < -0.3 is 19.9 Å². The number of nitrogens with one attached hydrogen (secondary N) is 2. The van der Waals surface area contributed by atoms with Crippen LogP contribution in [0.4, 0.5) is 10.5 Å². The molecule has 3 aromatic rings. The Morgan fingerprint density at radius 1 is 1.32 bits per heavy atom. The highest BCUT2D eigenvalue weighted by atomic mass is 16.5. The largest absolute Gasteiger partial charge is 0.376 e. The number of hydrogen-bond donors (Lipinski definition) is 2. The van der Waals surface area contributed by atoms with Gasteiger partial charge >= 0.3 is 6.03 Å². The van der Waals surface area contributed by atoms with E-state index >= 15 is 0 Å². The first-order valence-electron chi connectivity index (χ1n) is 8.16. The maximum atomic E-state index is 12.3. The molecule has 0 spiro atoms. The Hall–Kier alpha value is -2.93. The number of aryl methyl sites for hydroxylation is 1. The van der Waals surface area contributed by atoms with E-state index in [1.165, 1.54) is 0 Å². The summed E-state index contributed by atoms with van der Waals surface area (Å²) in [5, 5.41) is 10.6. The molecule has 0 aliphatic carbocycles. The molecule has 2 N–H and O–H groups in total. The Morgan fingerprint density at radius 3 is 3.12 bits per heavy atom. The zero-order valence-electron chi connectivity index (χ0n) is 13.8. The lowest BCUT2D eigenvalue weighted by atomic mass is 10.1. The van der Waals surface area contributed by atoms with Gasteiger partial charge in [0.2, 0.25) is 0 Å². The van der Waals surface area contributed by atoms with Gasteiger partial charge in [0.25, 0.3) is 0 Å². The molecule has 0 fully saturated rings. The van der Waals surface area contributed by atoms with E-state index in [1.54, 1.807) is 0 Å². The van der Waals surface area contributed by atoms with Crippen molar-refractivity contribution in [3.8, 4) is 0 Å². The summed E-state index contributed by atoms with van der Waals surface area (Å²) in [6.07, 6.45) is 0.719. The van der Waals surface area contributed by atoms with Crippen molar-refractivity contribution in [1.29, 1.82) is 0 Å². The van der Waals surface area contributed by atoms with Crippen molar-refractivity contribution in [3.05, 3.63) is 53.0 Å². The number of pyridine rings is 1. The van der Waals surface area contributed by atoms with E-state index < -0.39 is 0 Å². The van der Waals surface area contributed by atoms with Gasteiger partial charge in [0.05, 0.1) is 31.0 Å². The summed E-state index contributed by atoms with van der Waals surface area (Å²) in [4.78, 5) is 16.8. The molecule has 0 unspecified atom stereocenters. The van der Waals surface area contributed by atoms with Crippen LogP contribution in [0.25, 0.3) is 10.9 Å². The van der Waals surface area contributed by atoms with Crippen LogP contribution in [-0.2, 0) is 24.3 Å². The van der Waals surface area contributed by atoms with Crippen LogP contribution in [0.5, 0.6) is 0 Å². The fourth-order valence-corrected chi connectivity index (χ4v) is 2.96. The van der Waals surface area contributed by atoms with E-state index in [-0.39, 0.29) is 12.6 Å². The van der Waals surface area contributed by atoms with Crippen LogP contribution < -0.4 is 10.6 Å². The molecule has 0 saturated carbocycles. The molecule has 0 radical (unpaired) electrons. The number of anilines is 1. The summed E-state index contributed by atoms with van der Waals surface area (Å²) in [7, 11) is 0. The number of hydrogen-bond acceptors (Lipinski definition) is 5. The molecule has 0 atom stereocenters. The van der Waals surface area contributed by atoms with E-state index in [4.69, 9.17) is 9.26 Å². The number of carbonyl (C=O) groups is 1. The lowest BCUT2D eigenvalue weighted by Gasteiger charge is -2.12. The summed E-state index contributed by atoms with van der Waals surface area (Å²) in [6, 6.07) is 9.26. The third-order valence-corrected chi connectivity index (χ3v) is 4.18. The molecule has 2 amide bonds. The Balaban J connectivity index is 1.47. The Morgan fingerprint density at radius 2 is 2.20 bits per heavy atom. The topological polar surface area (TPSA) is 89.3 Å². The van der Waals surface area contributed by atoms with Gasteiger partial charge in [0.15, 0.2) is 0 Å². The molecule has 1 aliphatic rings.